The zero-order valence-electron chi connectivity index (χ0n) is 13.4. The van der Waals surface area contributed by atoms with Crippen LogP contribution in [-0.4, -0.2) is 17.9 Å². The lowest BCUT2D eigenvalue weighted by Crippen LogP contribution is -2.27. The summed E-state index contributed by atoms with van der Waals surface area (Å²) in [4.78, 5) is 24.9. The summed E-state index contributed by atoms with van der Waals surface area (Å²) < 4.78 is 0. The van der Waals surface area contributed by atoms with Gasteiger partial charge in [0.1, 0.15) is 0 Å². The Morgan fingerprint density at radius 1 is 1.00 bits per heavy atom. The highest BCUT2D eigenvalue weighted by Crippen LogP contribution is 2.26. The Bertz CT molecular complexity index is 950. The fraction of sp³-hybridized carbons (Fsp3) is 0.105. The predicted octanol–water partition coefficient (Wildman–Crippen LogP) is 4.33. The van der Waals surface area contributed by atoms with E-state index in [2.05, 4.69) is 0 Å². The first kappa shape index (κ1) is 15.7. The number of rotatable bonds is 3. The first-order chi connectivity index (χ1) is 11.5. The molecule has 0 N–H and O–H groups in total. The van der Waals surface area contributed by atoms with Crippen LogP contribution in [0.2, 0.25) is 0 Å². The largest absolute Gasteiger partial charge is 0.311 e. The molecule has 0 aliphatic rings. The van der Waals surface area contributed by atoms with Gasteiger partial charge in [0.15, 0.2) is 0 Å². The average Bonchev–Trinajstić information content (AvgIpc) is 2.60. The molecule has 0 atom stereocenters. The van der Waals surface area contributed by atoms with E-state index >= 15 is 0 Å². The molecule has 5 nitrogen and oxygen atoms in total. The van der Waals surface area contributed by atoms with Crippen molar-refractivity contribution in [3.63, 3.8) is 0 Å². The van der Waals surface area contributed by atoms with E-state index in [0.29, 0.717) is 11.1 Å². The summed E-state index contributed by atoms with van der Waals surface area (Å²) in [6.45, 7) is 1.60. The van der Waals surface area contributed by atoms with Crippen LogP contribution in [0.15, 0.2) is 60.7 Å². The van der Waals surface area contributed by atoms with Gasteiger partial charge in [0.2, 0.25) is 0 Å². The van der Waals surface area contributed by atoms with Gasteiger partial charge >= 0.3 is 0 Å². The smallest absolute Gasteiger partial charge is 0.273 e. The number of anilines is 1. The zero-order chi connectivity index (χ0) is 17.3. The van der Waals surface area contributed by atoms with Gasteiger partial charge in [-0.15, -0.1) is 0 Å². The van der Waals surface area contributed by atoms with Gasteiger partial charge in [0, 0.05) is 29.9 Å². The Hall–Kier alpha value is -3.21. The Kier molecular flexibility index (Phi) is 4.00. The van der Waals surface area contributed by atoms with Crippen molar-refractivity contribution in [3.8, 4) is 0 Å². The number of amides is 1. The summed E-state index contributed by atoms with van der Waals surface area (Å²) >= 11 is 0. The summed E-state index contributed by atoms with van der Waals surface area (Å²) in [6.07, 6.45) is 0. The molecular formula is C19H16N2O3. The molecule has 3 rings (SSSR count). The summed E-state index contributed by atoms with van der Waals surface area (Å²) in [5.74, 6) is -0.272. The van der Waals surface area contributed by atoms with E-state index < -0.39 is 4.92 Å². The van der Waals surface area contributed by atoms with Gasteiger partial charge in [-0.2, -0.15) is 0 Å². The molecule has 0 saturated carbocycles. The van der Waals surface area contributed by atoms with Gasteiger partial charge in [-0.25, -0.2) is 0 Å². The summed E-state index contributed by atoms with van der Waals surface area (Å²) in [5.41, 5.74) is 1.40. The van der Waals surface area contributed by atoms with E-state index in [1.54, 1.807) is 20.0 Å². The average molecular weight is 320 g/mol. The fourth-order valence-corrected chi connectivity index (χ4v) is 2.74. The molecule has 0 aromatic heterocycles. The van der Waals surface area contributed by atoms with Crippen LogP contribution in [0.5, 0.6) is 0 Å². The van der Waals surface area contributed by atoms with E-state index in [4.69, 9.17) is 0 Å². The molecule has 0 radical (unpaired) electrons. The minimum Gasteiger partial charge on any atom is -0.311 e. The zero-order valence-corrected chi connectivity index (χ0v) is 13.4. The first-order valence-electron chi connectivity index (χ1n) is 7.50. The monoisotopic (exact) mass is 320 g/mol. The molecule has 3 aromatic carbocycles. The van der Waals surface area contributed by atoms with Crippen molar-refractivity contribution in [2.45, 2.75) is 6.92 Å². The normalized spacial score (nSPS) is 10.6. The molecule has 24 heavy (non-hydrogen) atoms. The lowest BCUT2D eigenvalue weighted by molar-refractivity contribution is -0.385. The maximum Gasteiger partial charge on any atom is 0.273 e. The lowest BCUT2D eigenvalue weighted by Gasteiger charge is -2.19. The molecule has 0 fully saturated rings. The van der Waals surface area contributed by atoms with E-state index in [9.17, 15) is 14.9 Å². The fourth-order valence-electron chi connectivity index (χ4n) is 2.74. The summed E-state index contributed by atoms with van der Waals surface area (Å²) in [7, 11) is 1.67. The van der Waals surface area contributed by atoms with Crippen molar-refractivity contribution in [2.24, 2.45) is 0 Å². The number of fused-ring (bicyclic) bond motifs is 1. The summed E-state index contributed by atoms with van der Waals surface area (Å²) in [6, 6.07) is 18.2. The molecule has 0 aliphatic carbocycles. The molecule has 0 bridgehead atoms. The molecule has 0 saturated heterocycles. The minimum absolute atomic E-state index is 0.0484. The standard InChI is InChI=1S/C19H16N2O3/c1-13-17(8-5-9-18(13)21(23)24)19(22)20(2)16-11-10-14-6-3-4-7-15(14)12-16/h3-12H,1-2H3. The van der Waals surface area contributed by atoms with E-state index in [1.165, 1.54) is 17.0 Å². The maximum absolute atomic E-state index is 12.8. The molecule has 0 aliphatic heterocycles. The maximum atomic E-state index is 12.8. The van der Waals surface area contributed by atoms with E-state index in [1.807, 2.05) is 42.5 Å². The molecule has 0 heterocycles. The van der Waals surface area contributed by atoms with Crippen LogP contribution in [0.4, 0.5) is 11.4 Å². The Morgan fingerprint density at radius 2 is 1.71 bits per heavy atom. The van der Waals surface area contributed by atoms with E-state index in [0.717, 1.165) is 16.5 Å². The molecule has 3 aromatic rings. The second-order valence-corrected chi connectivity index (χ2v) is 5.60. The van der Waals surface area contributed by atoms with Gasteiger partial charge in [-0.3, -0.25) is 14.9 Å². The van der Waals surface area contributed by atoms with Gasteiger partial charge in [-0.05, 0) is 35.9 Å². The predicted molar refractivity (Wildman–Crippen MR) is 94.5 cm³/mol. The summed E-state index contributed by atoms with van der Waals surface area (Å²) in [5, 5.41) is 13.2. The van der Waals surface area contributed by atoms with Crippen LogP contribution in [0.25, 0.3) is 10.8 Å². The second-order valence-electron chi connectivity index (χ2n) is 5.60. The molecule has 120 valence electrons. The van der Waals surface area contributed by atoms with Gasteiger partial charge in [0.05, 0.1) is 4.92 Å². The van der Waals surface area contributed by atoms with Crippen molar-refractivity contribution in [3.05, 3.63) is 81.9 Å². The Morgan fingerprint density at radius 3 is 2.42 bits per heavy atom. The minimum atomic E-state index is -0.470. The molecule has 1 amide bonds. The topological polar surface area (TPSA) is 63.5 Å². The van der Waals surface area contributed by atoms with Gasteiger partial charge in [-0.1, -0.05) is 36.4 Å². The van der Waals surface area contributed by atoms with Crippen LogP contribution in [0.1, 0.15) is 15.9 Å². The number of hydrogen-bond donors (Lipinski definition) is 0. The van der Waals surface area contributed by atoms with Crippen LogP contribution >= 0.6 is 0 Å². The first-order valence-corrected chi connectivity index (χ1v) is 7.50. The van der Waals surface area contributed by atoms with Crippen LogP contribution in [-0.2, 0) is 0 Å². The Labute approximate surface area is 139 Å². The van der Waals surface area contributed by atoms with Crippen molar-refractivity contribution in [1.82, 2.24) is 0 Å². The SMILES string of the molecule is Cc1c(C(=O)N(C)c2ccc3ccccc3c2)cccc1[N+](=O)[O-]. The number of nitro groups is 1. The highest BCUT2D eigenvalue weighted by Gasteiger charge is 2.21. The number of hydrogen-bond acceptors (Lipinski definition) is 3. The highest BCUT2D eigenvalue weighted by atomic mass is 16.6. The van der Waals surface area contributed by atoms with Crippen molar-refractivity contribution < 1.29 is 9.72 Å². The van der Waals surface area contributed by atoms with Crippen molar-refractivity contribution in [1.29, 1.82) is 0 Å². The number of nitrogens with zero attached hydrogens (tertiary/aromatic N) is 2. The van der Waals surface area contributed by atoms with Crippen molar-refractivity contribution >= 4 is 28.1 Å². The van der Waals surface area contributed by atoms with Crippen LogP contribution in [0, 0.1) is 17.0 Å². The molecule has 5 heteroatoms. The molecule has 0 spiro atoms. The second kappa shape index (κ2) is 6.12. The lowest BCUT2D eigenvalue weighted by atomic mass is 10.0. The third kappa shape index (κ3) is 2.72. The number of carbonyl (C=O) groups excluding carboxylic acids is 1. The molecular weight excluding hydrogens is 304 g/mol. The van der Waals surface area contributed by atoms with Gasteiger partial charge in [0.25, 0.3) is 11.6 Å². The number of benzene rings is 3. The number of nitro benzene ring substituents is 1. The highest BCUT2D eigenvalue weighted by molar-refractivity contribution is 6.08. The third-order valence-electron chi connectivity index (χ3n) is 4.16. The number of carbonyl (C=O) groups is 1. The molecule has 0 unspecified atom stereocenters. The quantitative estimate of drug-likeness (QED) is 0.533. The van der Waals surface area contributed by atoms with Crippen LogP contribution < -0.4 is 4.90 Å². The van der Waals surface area contributed by atoms with Crippen LogP contribution in [0.3, 0.4) is 0 Å². The van der Waals surface area contributed by atoms with E-state index in [-0.39, 0.29) is 11.6 Å². The Balaban J connectivity index is 2.00. The third-order valence-corrected chi connectivity index (χ3v) is 4.16. The van der Waals surface area contributed by atoms with Crippen molar-refractivity contribution in [2.75, 3.05) is 11.9 Å². The van der Waals surface area contributed by atoms with Gasteiger partial charge < -0.3 is 4.90 Å².